The first-order valence-electron chi connectivity index (χ1n) is 11.5. The fraction of sp³-hybridized carbons (Fsp3) is 0.154. The fourth-order valence-electron chi connectivity index (χ4n) is 3.78. The van der Waals surface area contributed by atoms with Crippen LogP contribution in [0.3, 0.4) is 0 Å². The standard InChI is InChI=1S/C26H21N5O6S/c1-3-35-17-7-9-19(21(13-17)31(33)34)22-10-8-18(37-22)12-20-24(27)30-26(28-25(20)32)38-23(29-30)14-36-16-6-4-5-15(2)11-16/h4-13,27H,3,14H2,1-2H3/b20-12-,27-24?. The molecule has 0 fully saturated rings. The van der Waals surface area contributed by atoms with Crippen LogP contribution < -0.4 is 9.47 Å². The number of amides is 1. The van der Waals surface area contributed by atoms with E-state index in [0.717, 1.165) is 17.3 Å². The number of nitrogens with one attached hydrogen (secondary N) is 1. The average molecular weight is 532 g/mol. The van der Waals surface area contributed by atoms with Crippen molar-refractivity contribution in [2.75, 3.05) is 13.2 Å². The van der Waals surface area contributed by atoms with Crippen molar-refractivity contribution in [2.24, 2.45) is 10.1 Å². The number of ether oxygens (including phenoxy) is 2. The number of fused-ring (bicyclic) bond motifs is 1. The van der Waals surface area contributed by atoms with Gasteiger partial charge in [-0.15, -0.1) is 0 Å². The summed E-state index contributed by atoms with van der Waals surface area (Å²) in [5.74, 6) is 0.746. The lowest BCUT2D eigenvalue weighted by molar-refractivity contribution is -0.384. The zero-order valence-electron chi connectivity index (χ0n) is 20.3. The summed E-state index contributed by atoms with van der Waals surface area (Å²) < 4.78 is 16.9. The van der Waals surface area contributed by atoms with Crippen LogP contribution in [0.25, 0.3) is 17.4 Å². The maximum Gasteiger partial charge on any atom is 0.284 e. The topological polar surface area (TPSA) is 144 Å². The number of furan rings is 1. The summed E-state index contributed by atoms with van der Waals surface area (Å²) in [7, 11) is 0. The Labute approximate surface area is 221 Å². The third-order valence-electron chi connectivity index (χ3n) is 5.50. The molecule has 11 nitrogen and oxygen atoms in total. The van der Waals surface area contributed by atoms with Gasteiger partial charge < -0.3 is 13.9 Å². The molecule has 1 N–H and O–H groups in total. The molecule has 0 radical (unpaired) electrons. The first-order valence-corrected chi connectivity index (χ1v) is 12.3. The number of aliphatic imine (C=N–C) groups is 1. The van der Waals surface area contributed by atoms with Crippen LogP contribution in [0.4, 0.5) is 5.69 Å². The van der Waals surface area contributed by atoms with E-state index in [4.69, 9.17) is 19.3 Å². The molecule has 2 aromatic carbocycles. The lowest BCUT2D eigenvalue weighted by atomic mass is 10.1. The van der Waals surface area contributed by atoms with Gasteiger partial charge in [0.05, 0.1) is 28.7 Å². The molecule has 2 aliphatic rings. The van der Waals surface area contributed by atoms with Gasteiger partial charge >= 0.3 is 0 Å². The molecular weight excluding hydrogens is 510 g/mol. The van der Waals surface area contributed by atoms with E-state index in [1.807, 2.05) is 31.2 Å². The Morgan fingerprint density at radius 3 is 2.74 bits per heavy atom. The summed E-state index contributed by atoms with van der Waals surface area (Å²) in [5, 5.41) is 26.6. The maximum absolute atomic E-state index is 12.7. The number of nitro groups is 1. The predicted molar refractivity (Wildman–Crippen MR) is 144 cm³/mol. The first kappa shape index (κ1) is 25.0. The normalized spacial score (nSPS) is 15.8. The summed E-state index contributed by atoms with van der Waals surface area (Å²) in [6, 6.07) is 15.2. The molecule has 38 heavy (non-hydrogen) atoms. The first-order chi connectivity index (χ1) is 18.3. The molecule has 0 saturated carbocycles. The third kappa shape index (κ3) is 5.06. The molecule has 5 rings (SSSR count). The van der Waals surface area contributed by atoms with Crippen LogP contribution in [-0.2, 0) is 4.79 Å². The van der Waals surface area contributed by atoms with Crippen molar-refractivity contribution in [3.63, 3.8) is 0 Å². The van der Waals surface area contributed by atoms with Crippen molar-refractivity contribution in [2.45, 2.75) is 13.8 Å². The number of nitro benzene ring substituents is 1. The highest BCUT2D eigenvalue weighted by Gasteiger charge is 2.36. The Hall–Kier alpha value is -4.71. The van der Waals surface area contributed by atoms with Crippen molar-refractivity contribution in [3.8, 4) is 22.8 Å². The summed E-state index contributed by atoms with van der Waals surface area (Å²) in [4.78, 5) is 27.9. The van der Waals surface area contributed by atoms with Crippen LogP contribution >= 0.6 is 11.8 Å². The van der Waals surface area contributed by atoms with E-state index in [-0.39, 0.29) is 46.0 Å². The number of rotatable bonds is 8. The number of nitrogens with zero attached hydrogens (tertiary/aromatic N) is 4. The highest BCUT2D eigenvalue weighted by molar-refractivity contribution is 8.27. The van der Waals surface area contributed by atoms with E-state index in [0.29, 0.717) is 23.1 Å². The SMILES string of the molecule is CCOc1ccc(-c2ccc(/C=C3/C(=N)N4N=C(COc5cccc(C)c5)SC4=NC3=O)o2)c([N+](=O)[O-])c1. The molecule has 0 spiro atoms. The number of amidine groups is 2. The second-order valence-electron chi connectivity index (χ2n) is 8.19. The van der Waals surface area contributed by atoms with Gasteiger partial charge in [0.25, 0.3) is 11.6 Å². The van der Waals surface area contributed by atoms with Gasteiger partial charge in [0.1, 0.15) is 34.7 Å². The molecule has 1 aromatic heterocycles. The number of hydrogen-bond acceptors (Lipinski definition) is 9. The van der Waals surface area contributed by atoms with Crippen LogP contribution in [0.1, 0.15) is 18.2 Å². The molecular formula is C26H21N5O6S. The summed E-state index contributed by atoms with van der Waals surface area (Å²) >= 11 is 1.16. The number of carbonyl (C=O) groups is 1. The zero-order chi connectivity index (χ0) is 26.8. The lowest BCUT2D eigenvalue weighted by Gasteiger charge is -2.19. The van der Waals surface area contributed by atoms with Crippen LogP contribution in [-0.4, -0.2) is 45.1 Å². The highest BCUT2D eigenvalue weighted by Crippen LogP contribution is 2.35. The third-order valence-corrected chi connectivity index (χ3v) is 6.39. The largest absolute Gasteiger partial charge is 0.494 e. The zero-order valence-corrected chi connectivity index (χ0v) is 21.2. The maximum atomic E-state index is 12.7. The van der Waals surface area contributed by atoms with Gasteiger partial charge in [-0.1, -0.05) is 12.1 Å². The molecule has 12 heteroatoms. The minimum absolute atomic E-state index is 0.0268. The smallest absolute Gasteiger partial charge is 0.284 e. The molecule has 0 bridgehead atoms. The van der Waals surface area contributed by atoms with Crippen molar-refractivity contribution < 1.29 is 23.6 Å². The molecule has 3 aromatic rings. The summed E-state index contributed by atoms with van der Waals surface area (Å²) in [5.41, 5.74) is 1.11. The Balaban J connectivity index is 1.36. The quantitative estimate of drug-likeness (QED) is 0.235. The monoisotopic (exact) mass is 531 g/mol. The highest BCUT2D eigenvalue weighted by atomic mass is 32.2. The molecule has 1 amide bonds. The van der Waals surface area contributed by atoms with Crippen molar-refractivity contribution in [1.29, 1.82) is 5.41 Å². The van der Waals surface area contributed by atoms with E-state index in [1.165, 1.54) is 17.2 Å². The van der Waals surface area contributed by atoms with E-state index in [2.05, 4.69) is 10.1 Å². The van der Waals surface area contributed by atoms with Crippen LogP contribution in [0, 0.1) is 22.4 Å². The Kier molecular flexibility index (Phi) is 6.79. The molecule has 0 aliphatic carbocycles. The van der Waals surface area contributed by atoms with Gasteiger partial charge in [-0.05, 0) is 73.6 Å². The number of aryl methyl sites for hydroxylation is 1. The molecule has 0 unspecified atom stereocenters. The van der Waals surface area contributed by atoms with Crippen LogP contribution in [0.15, 0.2) is 74.7 Å². The molecule has 0 saturated heterocycles. The van der Waals surface area contributed by atoms with Gasteiger partial charge in [0, 0.05) is 0 Å². The Morgan fingerprint density at radius 2 is 1.97 bits per heavy atom. The summed E-state index contributed by atoms with van der Waals surface area (Å²) in [6.07, 6.45) is 1.37. The minimum Gasteiger partial charge on any atom is -0.494 e. The minimum atomic E-state index is -0.616. The fourth-order valence-corrected chi connectivity index (χ4v) is 4.58. The average Bonchev–Trinajstić information content (AvgIpc) is 3.52. The number of thioether (sulfide) groups is 1. The number of carbonyl (C=O) groups excluding carboxylic acids is 1. The Morgan fingerprint density at radius 1 is 1.16 bits per heavy atom. The van der Waals surface area contributed by atoms with Gasteiger partial charge in [0.2, 0.25) is 5.17 Å². The molecule has 0 atom stereocenters. The van der Waals surface area contributed by atoms with E-state index >= 15 is 0 Å². The number of hydrazone groups is 1. The van der Waals surface area contributed by atoms with E-state index in [1.54, 1.807) is 31.2 Å². The second-order valence-corrected chi connectivity index (χ2v) is 9.23. The van der Waals surface area contributed by atoms with Gasteiger partial charge in [0.15, 0.2) is 5.84 Å². The molecule has 2 aliphatic heterocycles. The van der Waals surface area contributed by atoms with E-state index < -0.39 is 10.8 Å². The van der Waals surface area contributed by atoms with Crippen molar-refractivity contribution in [3.05, 3.63) is 81.6 Å². The summed E-state index contributed by atoms with van der Waals surface area (Å²) in [6.45, 7) is 4.29. The van der Waals surface area contributed by atoms with Crippen LogP contribution in [0.5, 0.6) is 11.5 Å². The van der Waals surface area contributed by atoms with Gasteiger partial charge in [-0.3, -0.25) is 20.3 Å². The van der Waals surface area contributed by atoms with Gasteiger partial charge in [-0.2, -0.15) is 15.1 Å². The lowest BCUT2D eigenvalue weighted by Crippen LogP contribution is -2.35. The number of hydrogen-bond donors (Lipinski definition) is 1. The van der Waals surface area contributed by atoms with Crippen molar-refractivity contribution in [1.82, 2.24) is 5.01 Å². The van der Waals surface area contributed by atoms with E-state index in [9.17, 15) is 14.9 Å². The molecule has 192 valence electrons. The number of benzene rings is 2. The van der Waals surface area contributed by atoms with Gasteiger partial charge in [-0.25, -0.2) is 0 Å². The Bertz CT molecular complexity index is 1560. The van der Waals surface area contributed by atoms with Crippen molar-refractivity contribution >= 4 is 45.5 Å². The molecule has 3 heterocycles. The second kappa shape index (κ2) is 10.3. The van der Waals surface area contributed by atoms with Crippen LogP contribution in [0.2, 0.25) is 0 Å². The predicted octanol–water partition coefficient (Wildman–Crippen LogP) is 5.26.